The number of aliphatic carboxylic acids is 1. The summed E-state index contributed by atoms with van der Waals surface area (Å²) >= 11 is 5.71. The second kappa shape index (κ2) is 5.19. The van der Waals surface area contributed by atoms with Crippen LogP contribution >= 0.6 is 11.6 Å². The van der Waals surface area contributed by atoms with Gasteiger partial charge in [0.25, 0.3) is 0 Å². The molecule has 4 nitrogen and oxygen atoms in total. The minimum atomic E-state index is -0.727. The molecule has 17 heavy (non-hydrogen) atoms. The van der Waals surface area contributed by atoms with Crippen LogP contribution in [0.4, 0.5) is 0 Å². The lowest BCUT2D eigenvalue weighted by Crippen LogP contribution is -2.19. The van der Waals surface area contributed by atoms with Gasteiger partial charge in [-0.05, 0) is 30.5 Å². The van der Waals surface area contributed by atoms with E-state index in [0.717, 1.165) is 18.4 Å². The molecule has 0 unspecified atom stereocenters. The number of amides is 1. The highest BCUT2D eigenvalue weighted by Gasteiger charge is 2.51. The van der Waals surface area contributed by atoms with Gasteiger partial charge in [-0.25, -0.2) is 0 Å². The van der Waals surface area contributed by atoms with Crippen molar-refractivity contribution in [3.05, 3.63) is 34.9 Å². The first kappa shape index (κ1) is 13.5. The summed E-state index contributed by atoms with van der Waals surface area (Å²) in [4.78, 5) is 20.2. The van der Waals surface area contributed by atoms with Crippen LogP contribution in [-0.2, 0) is 15.0 Å². The molecule has 1 amide bonds. The van der Waals surface area contributed by atoms with Crippen molar-refractivity contribution in [1.82, 2.24) is 0 Å². The van der Waals surface area contributed by atoms with E-state index in [1.165, 1.54) is 6.92 Å². The predicted octanol–water partition coefficient (Wildman–Crippen LogP) is 1.95. The van der Waals surface area contributed by atoms with Crippen molar-refractivity contribution in [2.45, 2.75) is 25.2 Å². The van der Waals surface area contributed by atoms with Gasteiger partial charge in [0, 0.05) is 11.9 Å². The van der Waals surface area contributed by atoms with Gasteiger partial charge >= 0.3 is 5.97 Å². The molecule has 0 radical (unpaired) electrons. The van der Waals surface area contributed by atoms with Gasteiger partial charge in [-0.1, -0.05) is 23.7 Å². The van der Waals surface area contributed by atoms with Gasteiger partial charge in [-0.2, -0.15) is 0 Å². The maximum atomic E-state index is 10.9. The number of rotatable bonds is 2. The Labute approximate surface area is 104 Å². The molecule has 0 atom stereocenters. The maximum absolute atomic E-state index is 10.9. The van der Waals surface area contributed by atoms with Crippen LogP contribution in [-0.4, -0.2) is 17.0 Å². The van der Waals surface area contributed by atoms with Crippen LogP contribution < -0.4 is 5.73 Å². The molecule has 3 N–H and O–H groups in total. The van der Waals surface area contributed by atoms with Crippen molar-refractivity contribution >= 4 is 23.5 Å². The summed E-state index contributed by atoms with van der Waals surface area (Å²) in [5.74, 6) is -1.06. The highest BCUT2D eigenvalue weighted by Crippen LogP contribution is 2.48. The Balaban J connectivity index is 0.000000317. The average molecular weight is 256 g/mol. The fraction of sp³-hybridized carbons (Fsp3) is 0.333. The quantitative estimate of drug-likeness (QED) is 0.848. The highest BCUT2D eigenvalue weighted by atomic mass is 35.5. The van der Waals surface area contributed by atoms with Crippen LogP contribution in [0.5, 0.6) is 0 Å². The summed E-state index contributed by atoms with van der Waals surface area (Å²) < 4.78 is 0. The average Bonchev–Trinajstić information content (AvgIpc) is 2.98. The molecule has 0 spiro atoms. The first-order valence-electron chi connectivity index (χ1n) is 5.14. The first-order chi connectivity index (χ1) is 7.88. The van der Waals surface area contributed by atoms with Gasteiger partial charge in [0.15, 0.2) is 0 Å². The molecular formula is C12H14ClNO3. The Bertz CT molecular complexity index is 420. The number of carbonyl (C=O) groups is 2. The van der Waals surface area contributed by atoms with Gasteiger partial charge in [-0.3, -0.25) is 9.59 Å². The van der Waals surface area contributed by atoms with E-state index in [9.17, 15) is 9.59 Å². The fourth-order valence-corrected chi connectivity index (χ4v) is 1.65. The van der Waals surface area contributed by atoms with Gasteiger partial charge in [-0.15, -0.1) is 0 Å². The number of benzene rings is 1. The molecule has 0 aliphatic heterocycles. The molecule has 0 bridgehead atoms. The highest BCUT2D eigenvalue weighted by molar-refractivity contribution is 6.30. The Hall–Kier alpha value is -1.55. The number of carboxylic acid groups (broad SMARTS) is 1. The van der Waals surface area contributed by atoms with Crippen LogP contribution in [0.15, 0.2) is 24.3 Å². The molecule has 2 rings (SSSR count). The summed E-state index contributed by atoms with van der Waals surface area (Å²) in [7, 11) is 0. The molecule has 5 heteroatoms. The fourth-order valence-electron chi connectivity index (χ4n) is 1.52. The lowest BCUT2D eigenvalue weighted by atomic mass is 9.96. The third-order valence-electron chi connectivity index (χ3n) is 2.56. The van der Waals surface area contributed by atoms with Gasteiger partial charge in [0.2, 0.25) is 5.91 Å². The number of carboxylic acids is 1. The van der Waals surface area contributed by atoms with E-state index in [2.05, 4.69) is 5.73 Å². The third-order valence-corrected chi connectivity index (χ3v) is 2.81. The van der Waals surface area contributed by atoms with Crippen LogP contribution in [0.25, 0.3) is 0 Å². The van der Waals surface area contributed by atoms with Crippen LogP contribution in [0.1, 0.15) is 25.3 Å². The summed E-state index contributed by atoms with van der Waals surface area (Å²) in [5.41, 5.74) is 4.73. The van der Waals surface area contributed by atoms with E-state index in [4.69, 9.17) is 16.7 Å². The smallest absolute Gasteiger partial charge is 0.314 e. The number of hydrogen-bond acceptors (Lipinski definition) is 2. The molecule has 1 aromatic rings. The number of hydrogen-bond donors (Lipinski definition) is 2. The summed E-state index contributed by atoms with van der Waals surface area (Å²) in [6.07, 6.45) is 1.48. The van der Waals surface area contributed by atoms with Gasteiger partial charge in [0.1, 0.15) is 0 Å². The summed E-state index contributed by atoms with van der Waals surface area (Å²) in [5, 5.41) is 9.64. The van der Waals surface area contributed by atoms with Crippen molar-refractivity contribution in [1.29, 1.82) is 0 Å². The molecular weight excluding hydrogens is 242 g/mol. The molecule has 0 heterocycles. The Kier molecular flexibility index (Phi) is 4.12. The number of primary amides is 1. The summed E-state index contributed by atoms with van der Waals surface area (Å²) in [6.45, 7) is 1.31. The zero-order chi connectivity index (χ0) is 13.1. The predicted molar refractivity (Wildman–Crippen MR) is 64.9 cm³/mol. The Morgan fingerprint density at radius 2 is 1.71 bits per heavy atom. The lowest BCUT2D eigenvalue weighted by molar-refractivity contribution is -0.140. The Morgan fingerprint density at radius 1 is 1.29 bits per heavy atom. The SMILES string of the molecule is CC(N)=O.O=C(O)C1(c2ccc(Cl)cc2)CC1. The van der Waals surface area contributed by atoms with Gasteiger partial charge < -0.3 is 10.8 Å². The topological polar surface area (TPSA) is 80.4 Å². The van der Waals surface area contributed by atoms with Gasteiger partial charge in [0.05, 0.1) is 5.41 Å². The van der Waals surface area contributed by atoms with E-state index < -0.39 is 11.4 Å². The molecule has 1 aliphatic carbocycles. The minimum absolute atomic E-state index is 0.333. The van der Waals surface area contributed by atoms with Crippen LogP contribution in [0, 0.1) is 0 Å². The zero-order valence-corrected chi connectivity index (χ0v) is 10.2. The van der Waals surface area contributed by atoms with E-state index in [1.54, 1.807) is 24.3 Å². The standard InChI is InChI=1S/C10H9ClO2.C2H5NO/c11-8-3-1-7(2-4-8)10(5-6-10)9(12)13;1-2(3)4/h1-4H,5-6H2,(H,12,13);1H3,(H2,3,4). The number of carbonyl (C=O) groups excluding carboxylic acids is 1. The molecule has 0 saturated heterocycles. The lowest BCUT2D eigenvalue weighted by Gasteiger charge is -2.09. The molecule has 1 aliphatic rings. The van der Waals surface area contributed by atoms with Crippen molar-refractivity contribution in [2.75, 3.05) is 0 Å². The first-order valence-corrected chi connectivity index (χ1v) is 5.52. The summed E-state index contributed by atoms with van der Waals surface area (Å²) in [6, 6.07) is 7.06. The molecule has 92 valence electrons. The van der Waals surface area contributed by atoms with Crippen molar-refractivity contribution < 1.29 is 14.7 Å². The van der Waals surface area contributed by atoms with E-state index >= 15 is 0 Å². The molecule has 0 aromatic heterocycles. The van der Waals surface area contributed by atoms with E-state index in [0.29, 0.717) is 5.02 Å². The molecule has 1 saturated carbocycles. The van der Waals surface area contributed by atoms with Crippen molar-refractivity contribution in [3.63, 3.8) is 0 Å². The van der Waals surface area contributed by atoms with E-state index in [1.807, 2.05) is 0 Å². The van der Waals surface area contributed by atoms with Crippen molar-refractivity contribution in [3.8, 4) is 0 Å². The van der Waals surface area contributed by atoms with Crippen LogP contribution in [0.2, 0.25) is 5.02 Å². The van der Waals surface area contributed by atoms with E-state index in [-0.39, 0.29) is 5.91 Å². The second-order valence-electron chi connectivity index (χ2n) is 4.00. The minimum Gasteiger partial charge on any atom is -0.481 e. The second-order valence-corrected chi connectivity index (χ2v) is 4.44. The largest absolute Gasteiger partial charge is 0.481 e. The van der Waals surface area contributed by atoms with Crippen molar-refractivity contribution in [2.24, 2.45) is 5.73 Å². The maximum Gasteiger partial charge on any atom is 0.314 e. The number of nitrogens with two attached hydrogens (primary N) is 1. The normalized spacial score (nSPS) is 15.4. The molecule has 1 fully saturated rings. The number of halogens is 1. The van der Waals surface area contributed by atoms with Crippen LogP contribution in [0.3, 0.4) is 0 Å². The Morgan fingerprint density at radius 3 is 2.00 bits per heavy atom. The zero-order valence-electron chi connectivity index (χ0n) is 9.44. The third kappa shape index (κ3) is 3.46. The monoisotopic (exact) mass is 255 g/mol. The molecule has 1 aromatic carbocycles.